The van der Waals surface area contributed by atoms with Gasteiger partial charge in [-0.2, -0.15) is 0 Å². The molecule has 0 aromatic carbocycles. The maximum absolute atomic E-state index is 12.9. The van der Waals surface area contributed by atoms with Crippen molar-refractivity contribution in [3.63, 3.8) is 0 Å². The smallest absolute Gasteiger partial charge is 0.306 e. The molecule has 0 aliphatic rings. The molecular formula is C68H112O6. The lowest BCUT2D eigenvalue weighted by atomic mass is 10.0. The Morgan fingerprint density at radius 1 is 0.284 bits per heavy atom. The number of hydrogen-bond acceptors (Lipinski definition) is 6. The first kappa shape index (κ1) is 69.8. The van der Waals surface area contributed by atoms with Gasteiger partial charge in [0.15, 0.2) is 6.10 Å². The Kier molecular flexibility index (Phi) is 57.9. The first-order valence-corrected chi connectivity index (χ1v) is 30.5. The van der Waals surface area contributed by atoms with E-state index in [1.165, 1.54) is 96.3 Å². The third-order valence-electron chi connectivity index (χ3n) is 12.7. The number of carbonyl (C=O) groups is 3. The van der Waals surface area contributed by atoms with Crippen LogP contribution < -0.4 is 0 Å². The van der Waals surface area contributed by atoms with E-state index in [1.54, 1.807) is 0 Å². The van der Waals surface area contributed by atoms with E-state index >= 15 is 0 Å². The normalized spacial score (nSPS) is 13.0. The van der Waals surface area contributed by atoms with Gasteiger partial charge >= 0.3 is 17.9 Å². The van der Waals surface area contributed by atoms with Crippen LogP contribution in [0.1, 0.15) is 271 Å². The molecule has 0 aliphatic heterocycles. The van der Waals surface area contributed by atoms with Gasteiger partial charge in [-0.1, -0.05) is 264 Å². The SMILES string of the molecule is CC/C=C\C/C=C\C/C=C\C/C=C\C/C=C\C/C=C\C/C=C\CCCCCC(=O)OCC(COC(=O)CCCCCCCCCCCCCCCC)OC(=O)CCCCCCCCC/C=C\C/C=C\C/C=C\CC. The van der Waals surface area contributed by atoms with Gasteiger partial charge < -0.3 is 14.2 Å². The molecule has 0 spiro atoms. The first-order valence-electron chi connectivity index (χ1n) is 30.5. The van der Waals surface area contributed by atoms with E-state index in [1.807, 2.05) is 0 Å². The molecule has 0 saturated carbocycles. The molecule has 0 amide bonds. The second kappa shape index (κ2) is 61.4. The Labute approximate surface area is 456 Å². The molecule has 0 aromatic heterocycles. The van der Waals surface area contributed by atoms with Crippen molar-refractivity contribution in [2.75, 3.05) is 13.2 Å². The number of ether oxygens (including phenoxy) is 3. The number of carbonyl (C=O) groups excluding carboxylic acids is 3. The van der Waals surface area contributed by atoms with Crippen molar-refractivity contribution in [1.82, 2.24) is 0 Å². The molecule has 0 fully saturated rings. The van der Waals surface area contributed by atoms with Crippen molar-refractivity contribution in [2.24, 2.45) is 0 Å². The van der Waals surface area contributed by atoms with Crippen molar-refractivity contribution < 1.29 is 28.6 Å². The van der Waals surface area contributed by atoms with Gasteiger partial charge in [0.1, 0.15) is 13.2 Å². The van der Waals surface area contributed by atoms with E-state index in [9.17, 15) is 14.4 Å². The zero-order valence-electron chi connectivity index (χ0n) is 48.1. The first-order chi connectivity index (χ1) is 36.5. The van der Waals surface area contributed by atoms with Crippen LogP contribution in [0.3, 0.4) is 0 Å². The second-order valence-electron chi connectivity index (χ2n) is 19.9. The Hall–Kier alpha value is -4.19. The Morgan fingerprint density at radius 3 is 0.838 bits per heavy atom. The standard InChI is InChI=1S/C68H112O6/c1-4-7-10-13-16-19-22-25-28-30-31-32-33-34-35-36-37-39-40-43-46-49-52-55-58-61-67(70)73-64-65(63-72-66(69)60-57-54-51-48-45-42-27-24-21-18-15-12-9-6-3)74-68(71)62-59-56-53-50-47-44-41-38-29-26-23-20-17-14-11-8-5-2/h7-8,10-11,16-17,19-20,25-26,28-29,31-32,34-35,37,39,43,46,65H,4-6,9,12-15,18,21-24,27,30,33,36,38,40-42,44-45,47-64H2,1-3H3/b10-7-,11-8-,19-16-,20-17-,28-25-,29-26-,32-31-,35-34-,39-37-,46-43-. The molecule has 74 heavy (non-hydrogen) atoms. The molecule has 1 atom stereocenters. The van der Waals surface area contributed by atoms with Gasteiger partial charge in [0.25, 0.3) is 0 Å². The largest absolute Gasteiger partial charge is 0.462 e. The van der Waals surface area contributed by atoms with Gasteiger partial charge in [0, 0.05) is 19.3 Å². The van der Waals surface area contributed by atoms with Gasteiger partial charge in [-0.25, -0.2) is 0 Å². The average Bonchev–Trinajstić information content (AvgIpc) is 3.40. The van der Waals surface area contributed by atoms with E-state index in [4.69, 9.17) is 14.2 Å². The summed E-state index contributed by atoms with van der Waals surface area (Å²) in [4.78, 5) is 38.2. The minimum Gasteiger partial charge on any atom is -0.462 e. The van der Waals surface area contributed by atoms with Crippen molar-refractivity contribution in [3.8, 4) is 0 Å². The van der Waals surface area contributed by atoms with Gasteiger partial charge in [0.2, 0.25) is 0 Å². The molecule has 1 unspecified atom stereocenters. The molecule has 0 radical (unpaired) electrons. The lowest BCUT2D eigenvalue weighted by molar-refractivity contribution is -0.167. The molecule has 6 heteroatoms. The summed E-state index contributed by atoms with van der Waals surface area (Å²) in [5, 5.41) is 0. The highest BCUT2D eigenvalue weighted by Crippen LogP contribution is 2.15. The highest BCUT2D eigenvalue weighted by molar-refractivity contribution is 5.71. The Morgan fingerprint density at radius 2 is 0.527 bits per heavy atom. The van der Waals surface area contributed by atoms with Crippen LogP contribution in [0.5, 0.6) is 0 Å². The minimum absolute atomic E-state index is 0.0934. The Balaban J connectivity index is 4.44. The summed E-state index contributed by atoms with van der Waals surface area (Å²) in [7, 11) is 0. The highest BCUT2D eigenvalue weighted by atomic mass is 16.6. The number of rotatable bonds is 54. The Bertz CT molecular complexity index is 1550. The molecule has 0 rings (SSSR count). The van der Waals surface area contributed by atoms with Gasteiger partial charge in [-0.15, -0.1) is 0 Å². The van der Waals surface area contributed by atoms with E-state index in [-0.39, 0.29) is 31.1 Å². The molecule has 0 N–H and O–H groups in total. The number of hydrogen-bond donors (Lipinski definition) is 0. The highest BCUT2D eigenvalue weighted by Gasteiger charge is 2.19. The monoisotopic (exact) mass is 1020 g/mol. The van der Waals surface area contributed by atoms with Gasteiger partial charge in [-0.3, -0.25) is 14.4 Å². The van der Waals surface area contributed by atoms with E-state index in [0.29, 0.717) is 19.3 Å². The lowest BCUT2D eigenvalue weighted by Gasteiger charge is -2.18. The van der Waals surface area contributed by atoms with E-state index in [0.717, 1.165) is 135 Å². The van der Waals surface area contributed by atoms with Crippen molar-refractivity contribution >= 4 is 17.9 Å². The van der Waals surface area contributed by atoms with Crippen LogP contribution in [0.2, 0.25) is 0 Å². The van der Waals surface area contributed by atoms with Crippen LogP contribution in [-0.2, 0) is 28.6 Å². The third-order valence-corrected chi connectivity index (χ3v) is 12.7. The van der Waals surface area contributed by atoms with E-state index in [2.05, 4.69) is 142 Å². The summed E-state index contributed by atoms with van der Waals surface area (Å²) in [5.74, 6) is -0.934. The molecule has 0 aliphatic carbocycles. The predicted molar refractivity (Wildman–Crippen MR) is 320 cm³/mol. The zero-order valence-corrected chi connectivity index (χ0v) is 48.1. The molecule has 0 bridgehead atoms. The summed E-state index contributed by atoms with van der Waals surface area (Å²) in [6.45, 7) is 6.39. The third kappa shape index (κ3) is 58.7. The maximum atomic E-state index is 12.9. The molecular weight excluding hydrogens is 913 g/mol. The topological polar surface area (TPSA) is 78.9 Å². The summed E-state index contributed by atoms with van der Waals surface area (Å²) >= 11 is 0. The fourth-order valence-corrected chi connectivity index (χ4v) is 8.20. The van der Waals surface area contributed by atoms with Crippen molar-refractivity contribution in [1.29, 1.82) is 0 Å². The number of unbranched alkanes of at least 4 members (excludes halogenated alkanes) is 23. The molecule has 0 saturated heterocycles. The van der Waals surface area contributed by atoms with Crippen LogP contribution >= 0.6 is 0 Å². The fourth-order valence-electron chi connectivity index (χ4n) is 8.20. The summed E-state index contributed by atoms with van der Waals surface area (Å²) in [6.07, 6.45) is 84.8. The van der Waals surface area contributed by atoms with Crippen molar-refractivity contribution in [3.05, 3.63) is 122 Å². The molecule has 420 valence electrons. The number of allylic oxidation sites excluding steroid dienone is 20. The zero-order chi connectivity index (χ0) is 53.6. The van der Waals surface area contributed by atoms with Crippen LogP contribution in [0.25, 0.3) is 0 Å². The van der Waals surface area contributed by atoms with Crippen LogP contribution in [0.4, 0.5) is 0 Å². The predicted octanol–water partition coefficient (Wildman–Crippen LogP) is 20.8. The maximum Gasteiger partial charge on any atom is 0.306 e. The molecule has 6 nitrogen and oxygen atoms in total. The van der Waals surface area contributed by atoms with Crippen LogP contribution in [0, 0.1) is 0 Å². The summed E-state index contributed by atoms with van der Waals surface area (Å²) in [6, 6.07) is 0. The van der Waals surface area contributed by atoms with Crippen LogP contribution in [-0.4, -0.2) is 37.2 Å². The molecule has 0 heterocycles. The quantitative estimate of drug-likeness (QED) is 0.0261. The summed E-state index contributed by atoms with van der Waals surface area (Å²) < 4.78 is 16.9. The lowest BCUT2D eigenvalue weighted by Crippen LogP contribution is -2.30. The number of esters is 3. The van der Waals surface area contributed by atoms with Crippen molar-refractivity contribution in [2.45, 2.75) is 277 Å². The minimum atomic E-state index is -0.800. The molecule has 0 aromatic rings. The van der Waals surface area contributed by atoms with Gasteiger partial charge in [0.05, 0.1) is 0 Å². The van der Waals surface area contributed by atoms with E-state index < -0.39 is 6.10 Å². The van der Waals surface area contributed by atoms with Gasteiger partial charge in [-0.05, 0) is 109 Å². The second-order valence-corrected chi connectivity index (χ2v) is 19.9. The van der Waals surface area contributed by atoms with Crippen LogP contribution in [0.15, 0.2) is 122 Å². The summed E-state index contributed by atoms with van der Waals surface area (Å²) in [5.41, 5.74) is 0. The average molecular weight is 1030 g/mol. The fraction of sp³-hybridized carbons (Fsp3) is 0.662.